The summed E-state index contributed by atoms with van der Waals surface area (Å²) in [6, 6.07) is 5.88. The van der Waals surface area contributed by atoms with Crippen LogP contribution >= 0.6 is 24.0 Å². The highest BCUT2D eigenvalue weighted by atomic mass is 35.5. The number of aromatic nitrogens is 1. The maximum atomic E-state index is 12.5. The van der Waals surface area contributed by atoms with Crippen LogP contribution in [0.2, 0.25) is 5.02 Å². The SMILES string of the molecule is Cl.NC1C2CCC(C2)C1C(=O)NCCc1c[nH]c2ccc(Cl)cc12. The van der Waals surface area contributed by atoms with Gasteiger partial charge >= 0.3 is 0 Å². The molecule has 2 aliphatic rings. The summed E-state index contributed by atoms with van der Waals surface area (Å²) in [5.74, 6) is 1.22. The summed E-state index contributed by atoms with van der Waals surface area (Å²) in [4.78, 5) is 15.7. The highest BCUT2D eigenvalue weighted by Gasteiger charge is 2.48. The number of rotatable bonds is 4. The quantitative estimate of drug-likeness (QED) is 0.775. The maximum absolute atomic E-state index is 12.5. The molecule has 2 saturated carbocycles. The molecule has 1 amide bonds. The molecule has 130 valence electrons. The fourth-order valence-electron chi connectivity index (χ4n) is 4.52. The minimum atomic E-state index is 0. The number of fused-ring (bicyclic) bond motifs is 3. The summed E-state index contributed by atoms with van der Waals surface area (Å²) in [5.41, 5.74) is 8.50. The Morgan fingerprint density at radius 3 is 2.88 bits per heavy atom. The molecule has 2 bridgehead atoms. The fourth-order valence-corrected chi connectivity index (χ4v) is 4.69. The molecular formula is C18H23Cl2N3O. The van der Waals surface area contributed by atoms with Crippen LogP contribution in [-0.2, 0) is 11.2 Å². The van der Waals surface area contributed by atoms with Crippen LogP contribution in [0.1, 0.15) is 24.8 Å². The lowest BCUT2D eigenvalue weighted by atomic mass is 9.84. The fraction of sp³-hybridized carbons (Fsp3) is 0.500. The van der Waals surface area contributed by atoms with Crippen molar-refractivity contribution < 1.29 is 4.79 Å². The molecular weight excluding hydrogens is 345 g/mol. The first-order chi connectivity index (χ1) is 11.1. The smallest absolute Gasteiger partial charge is 0.224 e. The van der Waals surface area contributed by atoms with E-state index in [1.807, 2.05) is 24.4 Å². The molecule has 2 fully saturated rings. The number of hydrogen-bond acceptors (Lipinski definition) is 2. The van der Waals surface area contributed by atoms with E-state index < -0.39 is 0 Å². The number of benzene rings is 1. The van der Waals surface area contributed by atoms with Gasteiger partial charge in [0.2, 0.25) is 5.91 Å². The van der Waals surface area contributed by atoms with Crippen molar-refractivity contribution in [2.75, 3.05) is 6.54 Å². The Hall–Kier alpha value is -1.23. The number of halogens is 2. The number of carbonyl (C=O) groups excluding carboxylic acids is 1. The van der Waals surface area contributed by atoms with E-state index in [1.165, 1.54) is 12.0 Å². The zero-order valence-electron chi connectivity index (χ0n) is 13.4. The van der Waals surface area contributed by atoms with Crippen molar-refractivity contribution >= 4 is 40.8 Å². The molecule has 24 heavy (non-hydrogen) atoms. The molecule has 0 aliphatic heterocycles. The van der Waals surface area contributed by atoms with Crippen LogP contribution in [0, 0.1) is 17.8 Å². The second kappa shape index (κ2) is 6.95. The number of hydrogen-bond donors (Lipinski definition) is 3. The maximum Gasteiger partial charge on any atom is 0.224 e. The standard InChI is InChI=1S/C18H22ClN3O.ClH/c19-13-3-4-15-14(8-13)12(9-22-15)5-6-21-18(23)16-10-1-2-11(7-10)17(16)20;/h3-4,8-11,16-17,22H,1-2,5-7,20H2,(H,21,23);1H. The Morgan fingerprint density at radius 1 is 1.33 bits per heavy atom. The predicted molar refractivity (Wildman–Crippen MR) is 99.6 cm³/mol. The Bertz CT molecular complexity index is 743. The molecule has 0 radical (unpaired) electrons. The third kappa shape index (κ3) is 3.03. The van der Waals surface area contributed by atoms with Gasteiger partial charge < -0.3 is 16.0 Å². The van der Waals surface area contributed by atoms with Crippen molar-refractivity contribution in [2.24, 2.45) is 23.5 Å². The van der Waals surface area contributed by atoms with E-state index in [9.17, 15) is 4.79 Å². The van der Waals surface area contributed by atoms with Crippen LogP contribution in [0.3, 0.4) is 0 Å². The molecule has 1 heterocycles. The Balaban J connectivity index is 0.00000169. The van der Waals surface area contributed by atoms with Gasteiger partial charge in [-0.1, -0.05) is 11.6 Å². The Labute approximate surface area is 152 Å². The number of H-pyrrole nitrogens is 1. The van der Waals surface area contributed by atoms with Crippen molar-refractivity contribution in [3.63, 3.8) is 0 Å². The second-order valence-electron chi connectivity index (χ2n) is 6.98. The molecule has 0 saturated heterocycles. The van der Waals surface area contributed by atoms with Gasteiger partial charge in [0.15, 0.2) is 0 Å². The van der Waals surface area contributed by atoms with Crippen LogP contribution in [0.4, 0.5) is 0 Å². The number of aromatic amines is 1. The monoisotopic (exact) mass is 367 g/mol. The minimum Gasteiger partial charge on any atom is -0.361 e. The van der Waals surface area contributed by atoms with Crippen molar-refractivity contribution in [1.29, 1.82) is 0 Å². The number of nitrogens with two attached hydrogens (primary N) is 1. The third-order valence-electron chi connectivity index (χ3n) is 5.71. The van der Waals surface area contributed by atoms with Gasteiger partial charge in [-0.05, 0) is 61.3 Å². The molecule has 2 aromatic rings. The summed E-state index contributed by atoms with van der Waals surface area (Å²) >= 11 is 6.07. The summed E-state index contributed by atoms with van der Waals surface area (Å²) in [6.45, 7) is 0.638. The van der Waals surface area contributed by atoms with Gasteiger partial charge in [0.05, 0.1) is 5.92 Å². The van der Waals surface area contributed by atoms with Gasteiger partial charge in [-0.3, -0.25) is 4.79 Å². The number of amides is 1. The molecule has 2 aliphatic carbocycles. The van der Waals surface area contributed by atoms with Gasteiger partial charge in [0, 0.05) is 34.7 Å². The van der Waals surface area contributed by atoms with E-state index in [-0.39, 0.29) is 30.3 Å². The zero-order valence-corrected chi connectivity index (χ0v) is 15.0. The van der Waals surface area contributed by atoms with Crippen LogP contribution in [0.25, 0.3) is 10.9 Å². The highest BCUT2D eigenvalue weighted by molar-refractivity contribution is 6.31. The largest absolute Gasteiger partial charge is 0.361 e. The van der Waals surface area contributed by atoms with Crippen LogP contribution in [-0.4, -0.2) is 23.5 Å². The molecule has 1 aromatic heterocycles. The summed E-state index contributed by atoms with van der Waals surface area (Å²) < 4.78 is 0. The van der Waals surface area contributed by atoms with Crippen molar-refractivity contribution in [2.45, 2.75) is 31.7 Å². The third-order valence-corrected chi connectivity index (χ3v) is 5.94. The molecule has 4 atom stereocenters. The first-order valence-electron chi connectivity index (χ1n) is 8.42. The summed E-state index contributed by atoms with van der Waals surface area (Å²) in [6.07, 6.45) is 6.29. The predicted octanol–water partition coefficient (Wildman–Crippen LogP) is 3.28. The number of carbonyl (C=O) groups is 1. The highest BCUT2D eigenvalue weighted by Crippen LogP contribution is 2.47. The van der Waals surface area contributed by atoms with Crippen molar-refractivity contribution in [3.05, 3.63) is 35.0 Å². The van der Waals surface area contributed by atoms with E-state index >= 15 is 0 Å². The van der Waals surface area contributed by atoms with Crippen LogP contribution < -0.4 is 11.1 Å². The van der Waals surface area contributed by atoms with E-state index in [0.29, 0.717) is 18.4 Å². The molecule has 4 rings (SSSR count). The van der Waals surface area contributed by atoms with Crippen molar-refractivity contribution in [3.8, 4) is 0 Å². The molecule has 4 nitrogen and oxygen atoms in total. The zero-order chi connectivity index (χ0) is 16.0. The Kier molecular flexibility index (Phi) is 5.09. The lowest BCUT2D eigenvalue weighted by molar-refractivity contribution is -0.127. The van der Waals surface area contributed by atoms with Crippen LogP contribution in [0.5, 0.6) is 0 Å². The second-order valence-corrected chi connectivity index (χ2v) is 7.42. The van der Waals surface area contributed by atoms with E-state index in [2.05, 4.69) is 10.3 Å². The van der Waals surface area contributed by atoms with Crippen molar-refractivity contribution in [1.82, 2.24) is 10.3 Å². The average molecular weight is 368 g/mol. The number of nitrogens with one attached hydrogen (secondary N) is 2. The van der Waals surface area contributed by atoms with Gasteiger partial charge in [-0.25, -0.2) is 0 Å². The van der Waals surface area contributed by atoms with E-state index in [1.54, 1.807) is 0 Å². The average Bonchev–Trinajstić information content (AvgIpc) is 3.22. The van der Waals surface area contributed by atoms with Gasteiger partial charge in [-0.15, -0.1) is 12.4 Å². The lowest BCUT2D eigenvalue weighted by Gasteiger charge is -2.27. The lowest BCUT2D eigenvalue weighted by Crippen LogP contribution is -2.45. The minimum absolute atomic E-state index is 0. The summed E-state index contributed by atoms with van der Waals surface area (Å²) in [5, 5.41) is 4.95. The molecule has 4 unspecified atom stereocenters. The topological polar surface area (TPSA) is 70.9 Å². The first-order valence-corrected chi connectivity index (χ1v) is 8.80. The summed E-state index contributed by atoms with van der Waals surface area (Å²) in [7, 11) is 0. The normalized spacial score (nSPS) is 28.1. The first kappa shape index (κ1) is 17.6. The molecule has 4 N–H and O–H groups in total. The molecule has 6 heteroatoms. The van der Waals surface area contributed by atoms with Gasteiger partial charge in [0.25, 0.3) is 0 Å². The van der Waals surface area contributed by atoms with E-state index in [4.69, 9.17) is 17.3 Å². The van der Waals surface area contributed by atoms with Gasteiger partial charge in [0.1, 0.15) is 0 Å². The van der Waals surface area contributed by atoms with Crippen LogP contribution in [0.15, 0.2) is 24.4 Å². The Morgan fingerprint density at radius 2 is 2.12 bits per heavy atom. The molecule has 0 spiro atoms. The van der Waals surface area contributed by atoms with Gasteiger partial charge in [-0.2, -0.15) is 0 Å². The molecule has 1 aromatic carbocycles. The van der Waals surface area contributed by atoms with E-state index in [0.717, 1.165) is 35.2 Å².